The number of aryl methyl sites for hydroxylation is 1. The number of ether oxygens (including phenoxy) is 1. The molecule has 1 fully saturated rings. The number of rotatable bonds is 5. The Kier molecular flexibility index (Phi) is 3.56. The van der Waals surface area contributed by atoms with Gasteiger partial charge in [0, 0.05) is 12.1 Å². The van der Waals surface area contributed by atoms with E-state index >= 15 is 0 Å². The molecule has 110 valence electrons. The van der Waals surface area contributed by atoms with Gasteiger partial charge < -0.3 is 10.1 Å². The van der Waals surface area contributed by atoms with E-state index in [1.165, 1.54) is 0 Å². The third-order valence-corrected chi connectivity index (χ3v) is 4.36. The second kappa shape index (κ2) is 5.38. The van der Waals surface area contributed by atoms with Crippen LogP contribution in [-0.2, 0) is 11.2 Å². The average molecular weight is 285 g/mol. The van der Waals surface area contributed by atoms with Crippen molar-refractivity contribution in [1.82, 2.24) is 5.32 Å². The monoisotopic (exact) mass is 285 g/mol. The number of carbonyl (C=O) groups excluding carboxylic acids is 1. The minimum absolute atomic E-state index is 0.0589. The Hall–Kier alpha value is -2.06. The lowest BCUT2D eigenvalue weighted by molar-refractivity contribution is -0.116. The van der Waals surface area contributed by atoms with Gasteiger partial charge in [0.25, 0.3) is 0 Å². The Labute approximate surface area is 124 Å². The summed E-state index contributed by atoms with van der Waals surface area (Å²) < 4.78 is 5.85. The highest BCUT2D eigenvalue weighted by molar-refractivity contribution is 5.93. The molecule has 1 aromatic rings. The topological polar surface area (TPSA) is 74.1 Å². The highest BCUT2D eigenvalue weighted by Gasteiger charge is 2.45. The number of hydrogen-bond acceptors (Lipinski definition) is 4. The summed E-state index contributed by atoms with van der Waals surface area (Å²) in [5.41, 5.74) is 1.36. The SMILES string of the molecule is CNC(C#N)(COc1ccc2c(c1)CCC(=O)N2)C1CC1. The maximum atomic E-state index is 11.3. The van der Waals surface area contributed by atoms with Crippen LogP contribution in [0.3, 0.4) is 0 Å². The predicted molar refractivity (Wildman–Crippen MR) is 79.0 cm³/mol. The molecular formula is C16H19N3O2. The number of nitrogens with zero attached hydrogens (tertiary/aromatic N) is 1. The molecule has 1 amide bonds. The van der Waals surface area contributed by atoms with Crippen molar-refractivity contribution in [2.24, 2.45) is 5.92 Å². The molecule has 5 nitrogen and oxygen atoms in total. The van der Waals surface area contributed by atoms with Crippen molar-refractivity contribution < 1.29 is 9.53 Å². The van der Waals surface area contributed by atoms with Gasteiger partial charge in [0.15, 0.2) is 0 Å². The molecule has 1 unspecified atom stereocenters. The van der Waals surface area contributed by atoms with Gasteiger partial charge in [0.1, 0.15) is 17.9 Å². The molecule has 0 spiro atoms. The number of nitrogens with one attached hydrogen (secondary N) is 2. The van der Waals surface area contributed by atoms with E-state index < -0.39 is 5.54 Å². The molecular weight excluding hydrogens is 266 g/mol. The maximum absolute atomic E-state index is 11.3. The van der Waals surface area contributed by atoms with E-state index in [1.54, 1.807) is 0 Å². The van der Waals surface area contributed by atoms with Crippen molar-refractivity contribution in [2.45, 2.75) is 31.2 Å². The molecule has 3 rings (SSSR count). The number of amides is 1. The van der Waals surface area contributed by atoms with Crippen molar-refractivity contribution in [3.05, 3.63) is 23.8 Å². The van der Waals surface area contributed by atoms with Crippen LogP contribution in [0.2, 0.25) is 0 Å². The van der Waals surface area contributed by atoms with Gasteiger partial charge in [0.2, 0.25) is 5.91 Å². The summed E-state index contributed by atoms with van der Waals surface area (Å²) in [6, 6.07) is 8.04. The first-order valence-corrected chi connectivity index (χ1v) is 7.32. The van der Waals surface area contributed by atoms with Crippen LogP contribution in [0.5, 0.6) is 5.75 Å². The van der Waals surface area contributed by atoms with Crippen molar-refractivity contribution in [3.63, 3.8) is 0 Å². The molecule has 1 aliphatic carbocycles. The summed E-state index contributed by atoms with van der Waals surface area (Å²) in [6.07, 6.45) is 3.40. The van der Waals surface area contributed by atoms with E-state index in [2.05, 4.69) is 16.7 Å². The lowest BCUT2D eigenvalue weighted by Gasteiger charge is -2.26. The average Bonchev–Trinajstić information content (AvgIpc) is 3.34. The Morgan fingerprint density at radius 3 is 2.95 bits per heavy atom. The van der Waals surface area contributed by atoms with Gasteiger partial charge >= 0.3 is 0 Å². The van der Waals surface area contributed by atoms with Crippen LogP contribution in [0.4, 0.5) is 5.69 Å². The van der Waals surface area contributed by atoms with Crippen LogP contribution < -0.4 is 15.4 Å². The Bertz CT molecular complexity index is 604. The molecule has 0 bridgehead atoms. The number of benzene rings is 1. The zero-order valence-electron chi connectivity index (χ0n) is 12.1. The number of hydrogen-bond donors (Lipinski definition) is 2. The van der Waals surface area contributed by atoms with Crippen LogP contribution in [-0.4, -0.2) is 25.1 Å². The van der Waals surface area contributed by atoms with Gasteiger partial charge in [0.05, 0.1) is 6.07 Å². The summed E-state index contributed by atoms with van der Waals surface area (Å²) in [6.45, 7) is 0.343. The van der Waals surface area contributed by atoms with Gasteiger partial charge in [-0.05, 0) is 56.0 Å². The fourth-order valence-electron chi connectivity index (χ4n) is 2.80. The van der Waals surface area contributed by atoms with Crippen molar-refractivity contribution in [3.8, 4) is 11.8 Å². The Balaban J connectivity index is 1.71. The van der Waals surface area contributed by atoms with E-state index in [9.17, 15) is 10.1 Å². The summed E-state index contributed by atoms with van der Waals surface area (Å²) in [5, 5.41) is 15.4. The molecule has 1 atom stereocenters. The normalized spacial score (nSPS) is 19.9. The molecule has 1 aromatic carbocycles. The smallest absolute Gasteiger partial charge is 0.224 e. The van der Waals surface area contributed by atoms with E-state index in [0.29, 0.717) is 18.9 Å². The number of fused-ring (bicyclic) bond motifs is 1. The molecule has 2 aliphatic rings. The standard InChI is InChI=1S/C16H19N3O2/c1-18-16(9-17,12-3-4-12)10-21-13-5-6-14-11(8-13)2-7-15(20)19-14/h5-6,8,12,18H,2-4,7,10H2,1H3,(H,19,20). The maximum Gasteiger partial charge on any atom is 0.224 e. The number of likely N-dealkylation sites (N-methyl/N-ethyl adjacent to an activating group) is 1. The van der Waals surface area contributed by atoms with Gasteiger partial charge in [-0.15, -0.1) is 0 Å². The molecule has 1 heterocycles. The second-order valence-electron chi connectivity index (χ2n) is 5.76. The molecule has 21 heavy (non-hydrogen) atoms. The highest BCUT2D eigenvalue weighted by Crippen LogP contribution is 2.39. The fourth-order valence-corrected chi connectivity index (χ4v) is 2.80. The van der Waals surface area contributed by atoms with Crippen LogP contribution in [0.15, 0.2) is 18.2 Å². The molecule has 0 radical (unpaired) electrons. The predicted octanol–water partition coefficient (Wildman–Crippen LogP) is 1.84. The van der Waals surface area contributed by atoms with Crippen molar-refractivity contribution in [1.29, 1.82) is 5.26 Å². The summed E-state index contributed by atoms with van der Waals surface area (Å²) in [7, 11) is 1.81. The zero-order chi connectivity index (χ0) is 14.9. The number of anilines is 1. The Morgan fingerprint density at radius 1 is 1.48 bits per heavy atom. The van der Waals surface area contributed by atoms with Gasteiger partial charge in [-0.2, -0.15) is 5.26 Å². The first-order valence-electron chi connectivity index (χ1n) is 7.32. The minimum atomic E-state index is -0.593. The number of nitriles is 1. The van der Waals surface area contributed by atoms with Crippen LogP contribution in [0, 0.1) is 17.2 Å². The zero-order valence-corrected chi connectivity index (χ0v) is 12.1. The lowest BCUT2D eigenvalue weighted by atomic mass is 9.96. The molecule has 0 saturated heterocycles. The first kappa shape index (κ1) is 13.9. The Morgan fingerprint density at radius 2 is 2.29 bits per heavy atom. The molecule has 0 aromatic heterocycles. The van der Waals surface area contributed by atoms with Crippen LogP contribution >= 0.6 is 0 Å². The second-order valence-corrected chi connectivity index (χ2v) is 5.76. The largest absolute Gasteiger partial charge is 0.491 e. The summed E-state index contributed by atoms with van der Waals surface area (Å²) in [4.78, 5) is 11.3. The quantitative estimate of drug-likeness (QED) is 0.865. The van der Waals surface area contributed by atoms with Crippen LogP contribution in [0.1, 0.15) is 24.8 Å². The third-order valence-electron chi connectivity index (χ3n) is 4.36. The summed E-state index contributed by atoms with van der Waals surface area (Å²) in [5.74, 6) is 1.19. The van der Waals surface area contributed by atoms with Gasteiger partial charge in [-0.3, -0.25) is 10.1 Å². The first-order chi connectivity index (χ1) is 10.2. The minimum Gasteiger partial charge on any atom is -0.491 e. The van der Waals surface area contributed by atoms with Crippen molar-refractivity contribution >= 4 is 11.6 Å². The summed E-state index contributed by atoms with van der Waals surface area (Å²) >= 11 is 0. The van der Waals surface area contributed by atoms with Gasteiger partial charge in [-0.1, -0.05) is 0 Å². The lowest BCUT2D eigenvalue weighted by Crippen LogP contribution is -2.49. The fraction of sp³-hybridized carbons (Fsp3) is 0.500. The highest BCUT2D eigenvalue weighted by atomic mass is 16.5. The van der Waals surface area contributed by atoms with Crippen LogP contribution in [0.25, 0.3) is 0 Å². The van der Waals surface area contributed by atoms with E-state index in [0.717, 1.165) is 36.3 Å². The molecule has 5 heteroatoms. The molecule has 1 saturated carbocycles. The van der Waals surface area contributed by atoms with Crippen molar-refractivity contribution in [2.75, 3.05) is 19.0 Å². The molecule has 1 aliphatic heterocycles. The third kappa shape index (κ3) is 2.72. The van der Waals surface area contributed by atoms with E-state index in [4.69, 9.17) is 4.74 Å². The van der Waals surface area contributed by atoms with Gasteiger partial charge in [-0.25, -0.2) is 0 Å². The van der Waals surface area contributed by atoms with E-state index in [-0.39, 0.29) is 5.91 Å². The molecule has 2 N–H and O–H groups in total. The van der Waals surface area contributed by atoms with E-state index in [1.807, 2.05) is 25.2 Å². The number of carbonyl (C=O) groups is 1.